The highest BCUT2D eigenvalue weighted by Gasteiger charge is 2.41. The number of nitrogens with one attached hydrogen (secondary N) is 1. The van der Waals surface area contributed by atoms with Crippen LogP contribution in [0.3, 0.4) is 0 Å². The fourth-order valence-corrected chi connectivity index (χ4v) is 4.29. The highest BCUT2D eigenvalue weighted by molar-refractivity contribution is 6.33. The number of nitrogens with zero attached hydrogens (tertiary/aromatic N) is 1. The number of rotatable bonds is 8. The van der Waals surface area contributed by atoms with Gasteiger partial charge in [-0.2, -0.15) is 0 Å². The van der Waals surface area contributed by atoms with Gasteiger partial charge in [0.1, 0.15) is 0 Å². The summed E-state index contributed by atoms with van der Waals surface area (Å²) in [6, 6.07) is 10.6. The van der Waals surface area contributed by atoms with Crippen LogP contribution in [0.15, 0.2) is 36.4 Å². The molecular formula is C24H29ClN2O5. The third kappa shape index (κ3) is 4.78. The molecule has 2 amide bonds. The number of carbonyl (C=O) groups is 2. The van der Waals surface area contributed by atoms with Crippen LogP contribution in [0.25, 0.3) is 0 Å². The molecular weight excluding hydrogens is 432 g/mol. The molecule has 1 fully saturated rings. The number of hydrogen-bond acceptors (Lipinski definition) is 5. The zero-order chi connectivity index (χ0) is 23.3. The van der Waals surface area contributed by atoms with E-state index in [1.165, 1.54) is 0 Å². The topological polar surface area (TPSA) is 77.1 Å². The lowest BCUT2D eigenvalue weighted by Crippen LogP contribution is -2.36. The Kier molecular flexibility index (Phi) is 7.85. The summed E-state index contributed by atoms with van der Waals surface area (Å²) in [6.07, 6.45) is 0.829. The van der Waals surface area contributed by atoms with Gasteiger partial charge in [0.05, 0.1) is 37.8 Å². The van der Waals surface area contributed by atoms with Crippen molar-refractivity contribution in [3.05, 3.63) is 52.5 Å². The van der Waals surface area contributed by atoms with Gasteiger partial charge in [0.2, 0.25) is 11.7 Å². The number of carbonyl (C=O) groups excluding carboxylic acids is 2. The number of ether oxygens (including phenoxy) is 3. The molecule has 3 rings (SSSR count). The standard InChI is InChI=1S/C24H29ClN2O5/c1-5-10-26-23(28)18-14-27(24(29)16-8-6-7-9-19(16)25)13-17(18)15-11-20(30-2)22(32-4)21(12-15)31-3/h6-9,11-12,17-18H,5,10,13-14H2,1-4H3,(H,26,28)/t17-,18+/m0/s1. The molecule has 2 aromatic rings. The summed E-state index contributed by atoms with van der Waals surface area (Å²) in [7, 11) is 4.64. The minimum atomic E-state index is -0.421. The Hall–Kier alpha value is -2.93. The third-order valence-corrected chi connectivity index (χ3v) is 6.04. The molecule has 8 heteroatoms. The van der Waals surface area contributed by atoms with Gasteiger partial charge in [0, 0.05) is 25.6 Å². The van der Waals surface area contributed by atoms with Gasteiger partial charge in [-0.05, 0) is 36.2 Å². The SMILES string of the molecule is CCCNC(=O)[C@@H]1CN(C(=O)c2ccccc2Cl)C[C@H]1c1cc(OC)c(OC)c(OC)c1. The van der Waals surface area contributed by atoms with Crippen molar-refractivity contribution in [2.75, 3.05) is 41.0 Å². The first-order valence-electron chi connectivity index (χ1n) is 10.6. The lowest BCUT2D eigenvalue weighted by atomic mass is 9.88. The van der Waals surface area contributed by atoms with Gasteiger partial charge in [0.25, 0.3) is 5.91 Å². The second kappa shape index (κ2) is 10.6. The summed E-state index contributed by atoms with van der Waals surface area (Å²) in [5, 5.41) is 3.36. The predicted octanol–water partition coefficient (Wildman–Crippen LogP) is 3.75. The van der Waals surface area contributed by atoms with Crippen LogP contribution in [0.4, 0.5) is 0 Å². The smallest absolute Gasteiger partial charge is 0.255 e. The zero-order valence-electron chi connectivity index (χ0n) is 18.8. The molecule has 0 saturated carbocycles. The fourth-order valence-electron chi connectivity index (χ4n) is 4.07. The van der Waals surface area contributed by atoms with E-state index < -0.39 is 5.92 Å². The van der Waals surface area contributed by atoms with Gasteiger partial charge in [0.15, 0.2) is 11.5 Å². The van der Waals surface area contributed by atoms with E-state index >= 15 is 0 Å². The first-order valence-corrected chi connectivity index (χ1v) is 10.9. The largest absolute Gasteiger partial charge is 0.493 e. The van der Waals surface area contributed by atoms with Crippen LogP contribution < -0.4 is 19.5 Å². The van der Waals surface area contributed by atoms with Crippen LogP contribution in [0.2, 0.25) is 5.02 Å². The lowest BCUT2D eigenvalue weighted by Gasteiger charge is -2.21. The van der Waals surface area contributed by atoms with Crippen LogP contribution in [0, 0.1) is 5.92 Å². The van der Waals surface area contributed by atoms with Gasteiger partial charge < -0.3 is 24.4 Å². The average Bonchev–Trinajstić information content (AvgIpc) is 3.27. The summed E-state index contributed by atoms with van der Waals surface area (Å²) in [6.45, 7) is 3.24. The number of amides is 2. The maximum Gasteiger partial charge on any atom is 0.255 e. The summed E-state index contributed by atoms with van der Waals surface area (Å²) in [5.41, 5.74) is 1.26. The van der Waals surface area contributed by atoms with Gasteiger partial charge in [-0.15, -0.1) is 0 Å². The number of likely N-dealkylation sites (tertiary alicyclic amines) is 1. The van der Waals surface area contributed by atoms with E-state index in [0.717, 1.165) is 12.0 Å². The second-order valence-corrected chi connectivity index (χ2v) is 8.06. The molecule has 172 valence electrons. The Balaban J connectivity index is 1.99. The molecule has 0 aromatic heterocycles. The number of methoxy groups -OCH3 is 3. The van der Waals surface area contributed by atoms with E-state index in [4.69, 9.17) is 25.8 Å². The number of benzene rings is 2. The number of hydrogen-bond donors (Lipinski definition) is 1. The summed E-state index contributed by atoms with van der Waals surface area (Å²) < 4.78 is 16.4. The van der Waals surface area contributed by atoms with Crippen molar-refractivity contribution in [1.82, 2.24) is 10.2 Å². The van der Waals surface area contributed by atoms with Crippen molar-refractivity contribution in [3.63, 3.8) is 0 Å². The quantitative estimate of drug-likeness (QED) is 0.649. The van der Waals surface area contributed by atoms with Gasteiger partial charge >= 0.3 is 0 Å². The first kappa shape index (κ1) is 23.7. The molecule has 0 unspecified atom stereocenters. The van der Waals surface area contributed by atoms with Crippen molar-refractivity contribution in [1.29, 1.82) is 0 Å². The molecule has 2 atom stereocenters. The minimum absolute atomic E-state index is 0.0833. The monoisotopic (exact) mass is 460 g/mol. The van der Waals surface area contributed by atoms with Gasteiger partial charge in [-0.3, -0.25) is 9.59 Å². The first-order chi connectivity index (χ1) is 15.4. The molecule has 0 aliphatic carbocycles. The average molecular weight is 461 g/mol. The van der Waals surface area contributed by atoms with Crippen LogP contribution >= 0.6 is 11.6 Å². The van der Waals surface area contributed by atoms with Crippen molar-refractivity contribution in [3.8, 4) is 17.2 Å². The van der Waals surface area contributed by atoms with Crippen LogP contribution in [0.5, 0.6) is 17.2 Å². The van der Waals surface area contributed by atoms with E-state index in [1.54, 1.807) is 50.5 Å². The zero-order valence-corrected chi connectivity index (χ0v) is 19.6. The molecule has 1 N–H and O–H groups in total. The van der Waals surface area contributed by atoms with Crippen molar-refractivity contribution in [2.45, 2.75) is 19.3 Å². The predicted molar refractivity (Wildman–Crippen MR) is 123 cm³/mol. The van der Waals surface area contributed by atoms with E-state index in [0.29, 0.717) is 47.5 Å². The molecule has 1 heterocycles. The summed E-state index contributed by atoms with van der Waals surface area (Å²) >= 11 is 6.26. The highest BCUT2D eigenvalue weighted by Crippen LogP contribution is 2.43. The van der Waals surface area contributed by atoms with Crippen LogP contribution in [-0.4, -0.2) is 57.7 Å². The highest BCUT2D eigenvalue weighted by atomic mass is 35.5. The summed E-state index contributed by atoms with van der Waals surface area (Å²) in [4.78, 5) is 27.9. The Morgan fingerprint density at radius 1 is 1.06 bits per heavy atom. The Bertz CT molecular complexity index is 956. The van der Waals surface area contributed by atoms with E-state index in [2.05, 4.69) is 5.32 Å². The van der Waals surface area contributed by atoms with E-state index in [1.807, 2.05) is 19.1 Å². The molecule has 32 heavy (non-hydrogen) atoms. The molecule has 0 spiro atoms. The summed E-state index contributed by atoms with van der Waals surface area (Å²) in [5.74, 6) is 0.547. The van der Waals surface area contributed by atoms with Crippen LogP contribution in [0.1, 0.15) is 35.2 Å². The minimum Gasteiger partial charge on any atom is -0.493 e. The Labute approximate surface area is 193 Å². The maximum absolute atomic E-state index is 13.2. The van der Waals surface area contributed by atoms with Crippen molar-refractivity contribution in [2.24, 2.45) is 5.92 Å². The number of halogens is 1. The maximum atomic E-state index is 13.2. The Morgan fingerprint density at radius 2 is 1.72 bits per heavy atom. The van der Waals surface area contributed by atoms with Crippen molar-refractivity contribution >= 4 is 23.4 Å². The second-order valence-electron chi connectivity index (χ2n) is 7.65. The van der Waals surface area contributed by atoms with E-state index in [9.17, 15) is 9.59 Å². The Morgan fingerprint density at radius 3 is 2.28 bits per heavy atom. The van der Waals surface area contributed by atoms with E-state index in [-0.39, 0.29) is 17.7 Å². The third-order valence-electron chi connectivity index (χ3n) is 5.71. The molecule has 2 aromatic carbocycles. The molecule has 1 saturated heterocycles. The fraction of sp³-hybridized carbons (Fsp3) is 0.417. The normalized spacial score (nSPS) is 17.7. The molecule has 1 aliphatic heterocycles. The van der Waals surface area contributed by atoms with Gasteiger partial charge in [-0.1, -0.05) is 30.7 Å². The van der Waals surface area contributed by atoms with Crippen molar-refractivity contribution < 1.29 is 23.8 Å². The lowest BCUT2D eigenvalue weighted by molar-refractivity contribution is -0.124. The molecule has 0 radical (unpaired) electrons. The van der Waals surface area contributed by atoms with Gasteiger partial charge in [-0.25, -0.2) is 0 Å². The molecule has 7 nitrogen and oxygen atoms in total. The molecule has 0 bridgehead atoms. The molecule has 1 aliphatic rings. The van der Waals surface area contributed by atoms with Crippen LogP contribution in [-0.2, 0) is 4.79 Å².